The minimum Gasteiger partial charge on any atom is -0.481 e. The predicted octanol–water partition coefficient (Wildman–Crippen LogP) is 1.67. The van der Waals surface area contributed by atoms with Gasteiger partial charge in [-0.15, -0.1) is 0 Å². The third kappa shape index (κ3) is 4.88. The summed E-state index contributed by atoms with van der Waals surface area (Å²) in [5.41, 5.74) is 0. The Labute approximate surface area is 131 Å². The Morgan fingerprint density at radius 1 is 1.29 bits per heavy atom. The molecule has 1 saturated carbocycles. The molecule has 5 nitrogen and oxygen atoms in total. The van der Waals surface area contributed by atoms with Gasteiger partial charge in [0, 0.05) is 37.2 Å². The number of carbonyl (C=O) groups is 2. The first-order valence-corrected chi connectivity index (χ1v) is 9.02. The molecule has 0 bridgehead atoms. The van der Waals surface area contributed by atoms with Crippen LogP contribution in [0.25, 0.3) is 0 Å². The summed E-state index contributed by atoms with van der Waals surface area (Å²) in [5.74, 6) is 1.16. The van der Waals surface area contributed by atoms with Gasteiger partial charge >= 0.3 is 5.97 Å². The van der Waals surface area contributed by atoms with Crippen LogP contribution < -0.4 is 0 Å². The highest BCUT2D eigenvalue weighted by atomic mass is 32.2. The summed E-state index contributed by atoms with van der Waals surface area (Å²) in [6, 6.07) is 0.369. The van der Waals surface area contributed by atoms with Crippen molar-refractivity contribution in [3.63, 3.8) is 0 Å². The standard InChI is InChI=1S/C15H26N2O3S/c1-16(12-5-3-2-4-6-12)14(18)10-17-7-8-21-11-13(17)9-15(19)20/h12-13H,2-11H2,1H3,(H,19,20). The first-order valence-electron chi connectivity index (χ1n) is 7.87. The monoisotopic (exact) mass is 314 g/mol. The maximum Gasteiger partial charge on any atom is 0.304 e. The fraction of sp³-hybridized carbons (Fsp3) is 0.867. The van der Waals surface area contributed by atoms with Gasteiger partial charge in [-0.2, -0.15) is 11.8 Å². The first-order chi connectivity index (χ1) is 10.1. The Morgan fingerprint density at radius 3 is 2.67 bits per heavy atom. The highest BCUT2D eigenvalue weighted by Crippen LogP contribution is 2.23. The number of rotatable bonds is 5. The summed E-state index contributed by atoms with van der Waals surface area (Å²) in [6.07, 6.45) is 6.05. The molecule has 0 aromatic heterocycles. The van der Waals surface area contributed by atoms with E-state index in [1.165, 1.54) is 19.3 Å². The SMILES string of the molecule is CN(C(=O)CN1CCSCC1CC(=O)O)C1CCCCC1. The molecule has 21 heavy (non-hydrogen) atoms. The van der Waals surface area contributed by atoms with Crippen molar-refractivity contribution >= 4 is 23.6 Å². The second kappa shape index (κ2) is 8.03. The van der Waals surface area contributed by atoms with Crippen LogP contribution in [0.5, 0.6) is 0 Å². The lowest BCUT2D eigenvalue weighted by Gasteiger charge is -2.37. The van der Waals surface area contributed by atoms with Crippen molar-refractivity contribution in [2.75, 3.05) is 31.6 Å². The topological polar surface area (TPSA) is 60.9 Å². The molecule has 0 aromatic rings. The van der Waals surface area contributed by atoms with Crippen LogP contribution in [0.1, 0.15) is 38.5 Å². The van der Waals surface area contributed by atoms with Gasteiger partial charge < -0.3 is 10.0 Å². The minimum absolute atomic E-state index is 0.00930. The third-order valence-electron chi connectivity index (χ3n) is 4.61. The zero-order chi connectivity index (χ0) is 15.2. The average molecular weight is 314 g/mol. The van der Waals surface area contributed by atoms with Gasteiger partial charge in [-0.25, -0.2) is 0 Å². The Hall–Kier alpha value is -0.750. The van der Waals surface area contributed by atoms with E-state index in [4.69, 9.17) is 5.11 Å². The smallest absolute Gasteiger partial charge is 0.304 e. The molecule has 2 rings (SSSR count). The summed E-state index contributed by atoms with van der Waals surface area (Å²) in [4.78, 5) is 27.4. The molecule has 0 spiro atoms. The van der Waals surface area contributed by atoms with Gasteiger partial charge in [0.1, 0.15) is 0 Å². The van der Waals surface area contributed by atoms with Gasteiger partial charge in [-0.3, -0.25) is 14.5 Å². The van der Waals surface area contributed by atoms with Crippen molar-refractivity contribution < 1.29 is 14.7 Å². The number of carboxylic acids is 1. The van der Waals surface area contributed by atoms with E-state index in [-0.39, 0.29) is 18.4 Å². The molecule has 0 radical (unpaired) electrons. The van der Waals surface area contributed by atoms with Gasteiger partial charge in [0.15, 0.2) is 0 Å². The summed E-state index contributed by atoms with van der Waals surface area (Å²) in [5, 5.41) is 9.00. The van der Waals surface area contributed by atoms with Gasteiger partial charge in [0.25, 0.3) is 0 Å². The number of aliphatic carboxylic acids is 1. The van der Waals surface area contributed by atoms with Crippen LogP contribution in [0, 0.1) is 0 Å². The van der Waals surface area contributed by atoms with Gasteiger partial charge in [0.05, 0.1) is 13.0 Å². The summed E-state index contributed by atoms with van der Waals surface area (Å²) >= 11 is 1.78. The molecule has 2 fully saturated rings. The van der Waals surface area contributed by atoms with E-state index >= 15 is 0 Å². The quantitative estimate of drug-likeness (QED) is 0.836. The Bertz CT molecular complexity index is 372. The Balaban J connectivity index is 1.88. The Kier molecular flexibility index (Phi) is 6.36. The van der Waals surface area contributed by atoms with Gasteiger partial charge in [-0.05, 0) is 12.8 Å². The van der Waals surface area contributed by atoms with E-state index < -0.39 is 5.97 Å². The minimum atomic E-state index is -0.777. The van der Waals surface area contributed by atoms with Crippen molar-refractivity contribution in [3.8, 4) is 0 Å². The van der Waals surface area contributed by atoms with E-state index in [1.54, 1.807) is 11.8 Å². The van der Waals surface area contributed by atoms with Crippen LogP contribution in [0.4, 0.5) is 0 Å². The summed E-state index contributed by atoms with van der Waals surface area (Å²) < 4.78 is 0. The number of nitrogens with zero attached hydrogens (tertiary/aromatic N) is 2. The van der Waals surface area contributed by atoms with E-state index in [1.807, 2.05) is 11.9 Å². The zero-order valence-electron chi connectivity index (χ0n) is 12.8. The van der Waals surface area contributed by atoms with E-state index in [2.05, 4.69) is 4.90 Å². The van der Waals surface area contributed by atoms with E-state index in [0.29, 0.717) is 12.6 Å². The molecule has 1 aliphatic carbocycles. The van der Waals surface area contributed by atoms with E-state index in [9.17, 15) is 9.59 Å². The molecular weight excluding hydrogens is 288 g/mol. The van der Waals surface area contributed by atoms with Crippen molar-refractivity contribution in [3.05, 3.63) is 0 Å². The molecule has 1 aliphatic heterocycles. The number of amides is 1. The molecule has 1 unspecified atom stereocenters. The highest BCUT2D eigenvalue weighted by molar-refractivity contribution is 7.99. The largest absolute Gasteiger partial charge is 0.481 e. The van der Waals surface area contributed by atoms with Crippen molar-refractivity contribution in [2.24, 2.45) is 0 Å². The fourth-order valence-electron chi connectivity index (χ4n) is 3.24. The molecule has 0 aromatic carbocycles. The average Bonchev–Trinajstić information content (AvgIpc) is 2.49. The molecule has 2 aliphatic rings. The van der Waals surface area contributed by atoms with Crippen LogP contribution in [0.2, 0.25) is 0 Å². The third-order valence-corrected chi connectivity index (χ3v) is 5.71. The van der Waals surface area contributed by atoms with Crippen LogP contribution in [0.3, 0.4) is 0 Å². The van der Waals surface area contributed by atoms with Crippen LogP contribution in [-0.4, -0.2) is 70.5 Å². The number of hydrogen-bond acceptors (Lipinski definition) is 4. The van der Waals surface area contributed by atoms with Gasteiger partial charge in [-0.1, -0.05) is 19.3 Å². The number of carboxylic acid groups (broad SMARTS) is 1. The fourth-order valence-corrected chi connectivity index (χ4v) is 4.38. The Morgan fingerprint density at radius 2 is 2.00 bits per heavy atom. The number of carbonyl (C=O) groups excluding carboxylic acids is 1. The van der Waals surface area contributed by atoms with Crippen molar-refractivity contribution in [1.29, 1.82) is 0 Å². The molecule has 1 saturated heterocycles. The summed E-state index contributed by atoms with van der Waals surface area (Å²) in [7, 11) is 1.91. The van der Waals surface area contributed by atoms with Crippen LogP contribution >= 0.6 is 11.8 Å². The molecule has 1 atom stereocenters. The number of hydrogen-bond donors (Lipinski definition) is 1. The zero-order valence-corrected chi connectivity index (χ0v) is 13.6. The summed E-state index contributed by atoms with van der Waals surface area (Å²) in [6.45, 7) is 1.18. The number of thioether (sulfide) groups is 1. The first kappa shape index (κ1) is 16.6. The highest BCUT2D eigenvalue weighted by Gasteiger charge is 2.29. The molecule has 120 valence electrons. The predicted molar refractivity (Wildman–Crippen MR) is 84.6 cm³/mol. The van der Waals surface area contributed by atoms with Gasteiger partial charge in [0.2, 0.25) is 5.91 Å². The maximum atomic E-state index is 12.5. The molecule has 1 N–H and O–H groups in total. The maximum absolute atomic E-state index is 12.5. The lowest BCUT2D eigenvalue weighted by molar-refractivity contribution is -0.140. The number of likely N-dealkylation sites (N-methyl/N-ethyl adjacent to an activating group) is 1. The second-order valence-electron chi connectivity index (χ2n) is 6.09. The van der Waals surface area contributed by atoms with Crippen LogP contribution in [0.15, 0.2) is 0 Å². The molecule has 6 heteroatoms. The van der Waals surface area contributed by atoms with Crippen molar-refractivity contribution in [2.45, 2.75) is 50.6 Å². The molecule has 1 amide bonds. The second-order valence-corrected chi connectivity index (χ2v) is 7.24. The lowest BCUT2D eigenvalue weighted by atomic mass is 9.94. The molecule has 1 heterocycles. The lowest BCUT2D eigenvalue weighted by Crippen LogP contribution is -2.50. The van der Waals surface area contributed by atoms with E-state index in [0.717, 1.165) is 30.9 Å². The normalized spacial score (nSPS) is 24.7. The van der Waals surface area contributed by atoms with Crippen LogP contribution in [-0.2, 0) is 9.59 Å². The van der Waals surface area contributed by atoms with Crippen molar-refractivity contribution in [1.82, 2.24) is 9.80 Å². The molecular formula is C15H26N2O3S.